The van der Waals surface area contributed by atoms with Gasteiger partial charge in [-0.1, -0.05) is 29.8 Å². The molecule has 2 aliphatic rings. The minimum atomic E-state index is -0.0641. The smallest absolute Gasteiger partial charge is 0.0808 e. The molecule has 3 rings (SSSR count). The van der Waals surface area contributed by atoms with Crippen LogP contribution in [0.2, 0.25) is 5.02 Å². The molecule has 106 valence electrons. The van der Waals surface area contributed by atoms with E-state index in [9.17, 15) is 0 Å². The highest BCUT2D eigenvalue weighted by Gasteiger charge is 2.48. The van der Waals surface area contributed by atoms with E-state index in [2.05, 4.69) is 23.7 Å². The zero-order chi connectivity index (χ0) is 14.2. The normalized spacial score (nSPS) is 24.6. The average molecular weight is 326 g/mol. The molecule has 1 aromatic rings. The molecule has 0 amide bonds. The quantitative estimate of drug-likeness (QED) is 0.582. The van der Waals surface area contributed by atoms with Gasteiger partial charge in [0.1, 0.15) is 0 Å². The van der Waals surface area contributed by atoms with E-state index >= 15 is 0 Å². The van der Waals surface area contributed by atoms with Crippen LogP contribution in [0.3, 0.4) is 0 Å². The maximum Gasteiger partial charge on any atom is 0.0808 e. The second-order valence-corrected chi connectivity index (χ2v) is 7.34. The molecule has 4 heteroatoms. The lowest BCUT2D eigenvalue weighted by molar-refractivity contribution is 0.428. The van der Waals surface area contributed by atoms with Gasteiger partial charge in [0.25, 0.3) is 0 Å². The lowest BCUT2D eigenvalue weighted by Crippen LogP contribution is -2.24. The van der Waals surface area contributed by atoms with Gasteiger partial charge in [-0.25, -0.2) is 0 Å². The van der Waals surface area contributed by atoms with Crippen molar-refractivity contribution in [3.63, 3.8) is 0 Å². The van der Waals surface area contributed by atoms with Crippen LogP contribution in [0.5, 0.6) is 0 Å². The van der Waals surface area contributed by atoms with Crippen LogP contribution in [-0.2, 0) is 6.42 Å². The standard InChI is InChI=1S/C16H17Cl2NS/c17-13-4-2-1-3-11(13)9-12(16(18)6-7-16)10-14-15(20)5-8-19-14/h1-5,8,12,14,20H,6-7,9-10H2. The van der Waals surface area contributed by atoms with Gasteiger partial charge in [-0.2, -0.15) is 0 Å². The minimum absolute atomic E-state index is 0.0641. The number of rotatable bonds is 5. The fraction of sp³-hybridized carbons (Fsp3) is 0.438. The first kappa shape index (κ1) is 14.5. The Morgan fingerprint density at radius 3 is 2.70 bits per heavy atom. The van der Waals surface area contributed by atoms with Gasteiger partial charge in [0.15, 0.2) is 0 Å². The predicted octanol–water partition coefficient (Wildman–Crippen LogP) is 4.93. The van der Waals surface area contributed by atoms with E-state index in [0.717, 1.165) is 35.6 Å². The fourth-order valence-corrected chi connectivity index (χ4v) is 3.51. The Morgan fingerprint density at radius 2 is 2.10 bits per heavy atom. The zero-order valence-corrected chi connectivity index (χ0v) is 13.5. The Balaban J connectivity index is 1.76. The SMILES string of the molecule is SC1=CC=NC1CC(Cc1ccccc1Cl)C1(Cl)CC1. The van der Waals surface area contributed by atoms with Crippen molar-refractivity contribution in [2.75, 3.05) is 0 Å². The Morgan fingerprint density at radius 1 is 1.35 bits per heavy atom. The number of alkyl halides is 1. The third kappa shape index (κ3) is 3.08. The van der Waals surface area contributed by atoms with Gasteiger partial charge in [0.05, 0.1) is 6.04 Å². The molecule has 0 radical (unpaired) electrons. The summed E-state index contributed by atoms with van der Waals surface area (Å²) in [6.45, 7) is 0. The molecule has 1 aliphatic heterocycles. The van der Waals surface area contributed by atoms with E-state index in [1.54, 1.807) is 0 Å². The van der Waals surface area contributed by atoms with Crippen LogP contribution < -0.4 is 0 Å². The highest BCUT2D eigenvalue weighted by Crippen LogP contribution is 2.52. The molecule has 0 spiro atoms. The van der Waals surface area contributed by atoms with Gasteiger partial charge < -0.3 is 0 Å². The van der Waals surface area contributed by atoms with Crippen molar-refractivity contribution >= 4 is 42.0 Å². The average Bonchev–Trinajstić information content (AvgIpc) is 3.05. The topological polar surface area (TPSA) is 12.4 Å². The highest BCUT2D eigenvalue weighted by molar-refractivity contribution is 7.84. The summed E-state index contributed by atoms with van der Waals surface area (Å²) in [7, 11) is 0. The van der Waals surface area contributed by atoms with Crippen molar-refractivity contribution in [1.29, 1.82) is 0 Å². The van der Waals surface area contributed by atoms with Crippen molar-refractivity contribution in [2.45, 2.75) is 36.6 Å². The van der Waals surface area contributed by atoms with E-state index in [0.29, 0.717) is 5.92 Å². The van der Waals surface area contributed by atoms with Crippen molar-refractivity contribution in [3.8, 4) is 0 Å². The molecule has 0 N–H and O–H groups in total. The van der Waals surface area contributed by atoms with Gasteiger partial charge >= 0.3 is 0 Å². The van der Waals surface area contributed by atoms with Crippen molar-refractivity contribution in [3.05, 3.63) is 45.8 Å². The summed E-state index contributed by atoms with van der Waals surface area (Å²) >= 11 is 17.5. The number of nitrogens with zero attached hydrogens (tertiary/aromatic N) is 1. The third-order valence-corrected chi connectivity index (χ3v) is 5.75. The summed E-state index contributed by atoms with van der Waals surface area (Å²) in [4.78, 5) is 5.45. The molecular weight excluding hydrogens is 309 g/mol. The van der Waals surface area contributed by atoms with E-state index < -0.39 is 0 Å². The number of thiol groups is 1. The molecule has 1 fully saturated rings. The lowest BCUT2D eigenvalue weighted by Gasteiger charge is -2.25. The molecule has 0 aromatic heterocycles. The highest BCUT2D eigenvalue weighted by atomic mass is 35.5. The Bertz CT molecular complexity index is 563. The summed E-state index contributed by atoms with van der Waals surface area (Å²) in [6.07, 6.45) is 7.84. The Labute approximate surface area is 135 Å². The molecule has 0 bridgehead atoms. The summed E-state index contributed by atoms with van der Waals surface area (Å²) in [5, 5.41) is 0.829. The number of hydrogen-bond donors (Lipinski definition) is 1. The van der Waals surface area contributed by atoms with Crippen LogP contribution in [0.25, 0.3) is 0 Å². The van der Waals surface area contributed by atoms with Crippen LogP contribution in [0.1, 0.15) is 24.8 Å². The Kier molecular flexibility index (Phi) is 4.16. The second-order valence-electron chi connectivity index (χ2n) is 5.67. The maximum atomic E-state index is 6.70. The van der Waals surface area contributed by atoms with Gasteiger partial charge in [0.2, 0.25) is 0 Å². The summed E-state index contributed by atoms with van der Waals surface area (Å²) in [5.41, 5.74) is 1.18. The van der Waals surface area contributed by atoms with E-state index in [1.165, 1.54) is 5.56 Å². The van der Waals surface area contributed by atoms with E-state index in [1.807, 2.05) is 30.5 Å². The maximum absolute atomic E-state index is 6.70. The first-order valence-electron chi connectivity index (χ1n) is 6.93. The molecule has 2 atom stereocenters. The third-order valence-electron chi connectivity index (χ3n) is 4.24. The molecule has 1 aliphatic carbocycles. The molecule has 1 nitrogen and oxygen atoms in total. The zero-order valence-electron chi connectivity index (χ0n) is 11.1. The van der Waals surface area contributed by atoms with Crippen LogP contribution in [0.15, 0.2) is 40.2 Å². The van der Waals surface area contributed by atoms with Crippen LogP contribution in [-0.4, -0.2) is 17.1 Å². The number of halogens is 2. The summed E-state index contributed by atoms with van der Waals surface area (Å²) in [6, 6.07) is 8.20. The van der Waals surface area contributed by atoms with E-state index in [4.69, 9.17) is 23.2 Å². The molecule has 0 saturated heterocycles. The van der Waals surface area contributed by atoms with Crippen LogP contribution >= 0.6 is 35.8 Å². The van der Waals surface area contributed by atoms with Gasteiger partial charge in [0, 0.05) is 21.0 Å². The first-order valence-corrected chi connectivity index (χ1v) is 8.13. The minimum Gasteiger partial charge on any atom is -0.285 e. The summed E-state index contributed by atoms with van der Waals surface area (Å²) in [5.74, 6) is 0.389. The van der Waals surface area contributed by atoms with Crippen molar-refractivity contribution in [1.82, 2.24) is 0 Å². The van der Waals surface area contributed by atoms with E-state index in [-0.39, 0.29) is 10.9 Å². The molecule has 1 heterocycles. The van der Waals surface area contributed by atoms with Crippen molar-refractivity contribution < 1.29 is 0 Å². The first-order chi connectivity index (χ1) is 9.58. The summed E-state index contributed by atoms with van der Waals surface area (Å²) < 4.78 is 0. The molecule has 1 saturated carbocycles. The lowest BCUT2D eigenvalue weighted by atomic mass is 9.88. The molecule has 1 aromatic carbocycles. The number of allylic oxidation sites excluding steroid dienone is 1. The van der Waals surface area contributed by atoms with Crippen molar-refractivity contribution in [2.24, 2.45) is 10.9 Å². The number of benzene rings is 1. The largest absolute Gasteiger partial charge is 0.285 e. The fourth-order valence-electron chi connectivity index (χ4n) is 2.80. The monoisotopic (exact) mass is 325 g/mol. The molecule has 20 heavy (non-hydrogen) atoms. The number of aliphatic imine (C=N–C) groups is 1. The number of hydrogen-bond acceptors (Lipinski definition) is 2. The van der Waals surface area contributed by atoms with Crippen LogP contribution in [0, 0.1) is 5.92 Å². The van der Waals surface area contributed by atoms with Gasteiger partial charge in [-0.3, -0.25) is 4.99 Å². The van der Waals surface area contributed by atoms with Crippen LogP contribution in [0.4, 0.5) is 0 Å². The predicted molar refractivity (Wildman–Crippen MR) is 90.4 cm³/mol. The van der Waals surface area contributed by atoms with Gasteiger partial charge in [-0.15, -0.1) is 24.2 Å². The second kappa shape index (κ2) is 5.75. The van der Waals surface area contributed by atoms with Gasteiger partial charge in [-0.05, 0) is 49.3 Å². The molecular formula is C16H17Cl2NS. The molecule has 2 unspecified atom stereocenters. The Hall–Kier alpha value is -0.440.